The molecule has 0 fully saturated rings. The molecule has 0 radical (unpaired) electrons. The molecule has 0 aromatic heterocycles. The first kappa shape index (κ1) is 16.8. The fourth-order valence-corrected chi connectivity index (χ4v) is 2.12. The number of aryl methyl sites for hydroxylation is 1. The Morgan fingerprint density at radius 2 is 2.14 bits per heavy atom. The van der Waals surface area contributed by atoms with Crippen LogP contribution in [0.2, 0.25) is 0 Å². The van der Waals surface area contributed by atoms with E-state index in [9.17, 15) is 4.79 Å². The van der Waals surface area contributed by atoms with Gasteiger partial charge in [-0.25, -0.2) is 4.79 Å². The quantitative estimate of drug-likeness (QED) is 0.785. The second-order valence-corrected chi connectivity index (χ2v) is 4.84. The van der Waals surface area contributed by atoms with E-state index in [0.717, 1.165) is 29.7 Å². The normalized spacial score (nSPS) is 12.2. The highest BCUT2D eigenvalue weighted by Gasteiger charge is 2.06. The van der Waals surface area contributed by atoms with E-state index in [4.69, 9.17) is 10.5 Å². The van der Waals surface area contributed by atoms with E-state index >= 15 is 0 Å². The van der Waals surface area contributed by atoms with Gasteiger partial charge in [0.15, 0.2) is 0 Å². The van der Waals surface area contributed by atoms with Gasteiger partial charge in [0.1, 0.15) is 5.75 Å². The molecule has 3 N–H and O–H groups in total. The van der Waals surface area contributed by atoms with E-state index in [-0.39, 0.29) is 0 Å². The average Bonchev–Trinajstić information content (AvgIpc) is 2.46. The number of carbonyl (C=O) groups is 1. The van der Waals surface area contributed by atoms with E-state index in [1.54, 1.807) is 13.2 Å². The van der Waals surface area contributed by atoms with Crippen LogP contribution >= 0.6 is 0 Å². The lowest BCUT2D eigenvalue weighted by molar-refractivity contribution is 0.251. The van der Waals surface area contributed by atoms with Gasteiger partial charge >= 0.3 is 6.03 Å². The number of nitrogens with one attached hydrogen (secondary N) is 1. The minimum Gasteiger partial charge on any atom is -0.496 e. The fraction of sp³-hybridized carbons (Fsp3) is 0.353. The second kappa shape index (κ2) is 8.15. The molecular formula is C17H24N2O2. The monoisotopic (exact) mass is 288 g/mol. The van der Waals surface area contributed by atoms with Gasteiger partial charge in [-0.3, -0.25) is 0 Å². The maximum atomic E-state index is 10.9. The third-order valence-corrected chi connectivity index (χ3v) is 3.21. The van der Waals surface area contributed by atoms with Crippen LogP contribution in [0.25, 0.3) is 5.57 Å². The van der Waals surface area contributed by atoms with Gasteiger partial charge in [-0.2, -0.15) is 0 Å². The molecule has 1 rings (SSSR count). The Hall–Kier alpha value is -2.23. The summed E-state index contributed by atoms with van der Waals surface area (Å²) in [5.41, 5.74) is 9.11. The number of hydrogen-bond acceptors (Lipinski definition) is 2. The van der Waals surface area contributed by atoms with E-state index < -0.39 is 6.03 Å². The highest BCUT2D eigenvalue weighted by molar-refractivity contribution is 5.76. The van der Waals surface area contributed by atoms with Gasteiger partial charge in [-0.1, -0.05) is 31.6 Å². The van der Waals surface area contributed by atoms with Crippen molar-refractivity contribution >= 4 is 11.6 Å². The van der Waals surface area contributed by atoms with Crippen LogP contribution in [0.5, 0.6) is 5.75 Å². The van der Waals surface area contributed by atoms with Crippen molar-refractivity contribution in [3.63, 3.8) is 0 Å². The lowest BCUT2D eigenvalue weighted by Gasteiger charge is -2.11. The van der Waals surface area contributed by atoms with Crippen LogP contribution in [0.3, 0.4) is 0 Å². The molecule has 1 aromatic rings. The van der Waals surface area contributed by atoms with Gasteiger partial charge in [0.05, 0.1) is 7.11 Å². The molecule has 114 valence electrons. The molecule has 0 bridgehead atoms. The van der Waals surface area contributed by atoms with Gasteiger partial charge in [0.25, 0.3) is 0 Å². The predicted octanol–water partition coefficient (Wildman–Crippen LogP) is 3.62. The molecule has 4 heteroatoms. The first-order chi connectivity index (χ1) is 10.0. The van der Waals surface area contributed by atoms with Crippen molar-refractivity contribution in [1.82, 2.24) is 5.32 Å². The highest BCUT2D eigenvalue weighted by atomic mass is 16.5. The summed E-state index contributed by atoms with van der Waals surface area (Å²) >= 11 is 0. The Bertz CT molecular complexity index is 560. The van der Waals surface area contributed by atoms with Crippen molar-refractivity contribution in [3.8, 4) is 5.75 Å². The van der Waals surface area contributed by atoms with Crippen molar-refractivity contribution in [1.29, 1.82) is 0 Å². The number of ether oxygens (including phenoxy) is 1. The Kier molecular flexibility index (Phi) is 6.53. The number of methoxy groups -OCH3 is 1. The standard InChI is InChI=1S/C17H24N2O2/c1-5-7-13-8-9-14(11-16(13)21-4)12(3)10-15(6-2)19-17(18)20/h6,8-11H,5,7H2,1-4H3,(H3,18,19,20)/b12-10+,15-6+. The van der Waals surface area contributed by atoms with E-state index in [1.807, 2.05) is 26.0 Å². The summed E-state index contributed by atoms with van der Waals surface area (Å²) in [6, 6.07) is 5.61. The second-order valence-electron chi connectivity index (χ2n) is 4.84. The maximum absolute atomic E-state index is 10.9. The molecule has 4 nitrogen and oxygen atoms in total. The minimum atomic E-state index is -0.567. The Morgan fingerprint density at radius 1 is 1.43 bits per heavy atom. The van der Waals surface area contributed by atoms with Crippen LogP contribution < -0.4 is 15.8 Å². The zero-order chi connectivity index (χ0) is 15.8. The Labute approximate surface area is 126 Å². The third kappa shape index (κ3) is 4.99. The molecule has 21 heavy (non-hydrogen) atoms. The first-order valence-electron chi connectivity index (χ1n) is 7.10. The summed E-state index contributed by atoms with van der Waals surface area (Å²) in [5.74, 6) is 0.895. The summed E-state index contributed by atoms with van der Waals surface area (Å²) in [4.78, 5) is 10.9. The van der Waals surface area contributed by atoms with Crippen LogP contribution in [0.1, 0.15) is 38.3 Å². The number of amides is 2. The topological polar surface area (TPSA) is 64.3 Å². The van der Waals surface area contributed by atoms with Crippen molar-refractivity contribution in [2.45, 2.75) is 33.6 Å². The Balaban J connectivity index is 3.06. The number of urea groups is 1. The summed E-state index contributed by atoms with van der Waals surface area (Å²) in [7, 11) is 1.68. The van der Waals surface area contributed by atoms with Gasteiger partial charge in [0.2, 0.25) is 0 Å². The van der Waals surface area contributed by atoms with Crippen LogP contribution in [-0.4, -0.2) is 13.1 Å². The van der Waals surface area contributed by atoms with Crippen LogP contribution in [0.4, 0.5) is 4.79 Å². The average molecular weight is 288 g/mol. The third-order valence-electron chi connectivity index (χ3n) is 3.21. The molecule has 0 spiro atoms. The van der Waals surface area contributed by atoms with E-state index in [0.29, 0.717) is 5.70 Å². The maximum Gasteiger partial charge on any atom is 0.316 e. The minimum absolute atomic E-state index is 0.567. The lowest BCUT2D eigenvalue weighted by atomic mass is 10.0. The van der Waals surface area contributed by atoms with E-state index in [1.165, 1.54) is 5.56 Å². The number of allylic oxidation sites excluding steroid dienone is 3. The molecule has 0 saturated heterocycles. The molecule has 0 aliphatic carbocycles. The van der Waals surface area contributed by atoms with Crippen molar-refractivity contribution in [2.75, 3.05) is 7.11 Å². The molecule has 0 atom stereocenters. The van der Waals surface area contributed by atoms with Gasteiger partial charge in [-0.15, -0.1) is 0 Å². The van der Waals surface area contributed by atoms with Crippen molar-refractivity contribution < 1.29 is 9.53 Å². The fourth-order valence-electron chi connectivity index (χ4n) is 2.12. The Morgan fingerprint density at radius 3 is 2.67 bits per heavy atom. The molecule has 0 aliphatic heterocycles. The largest absolute Gasteiger partial charge is 0.496 e. The molecular weight excluding hydrogens is 264 g/mol. The van der Waals surface area contributed by atoms with Gasteiger partial charge < -0.3 is 15.8 Å². The molecule has 0 aliphatic rings. The van der Waals surface area contributed by atoms with Crippen molar-refractivity contribution in [2.24, 2.45) is 5.73 Å². The van der Waals surface area contributed by atoms with Crippen molar-refractivity contribution in [3.05, 3.63) is 47.2 Å². The first-order valence-corrected chi connectivity index (χ1v) is 7.10. The summed E-state index contributed by atoms with van der Waals surface area (Å²) in [6.07, 6.45) is 5.77. The number of hydrogen-bond donors (Lipinski definition) is 2. The van der Waals surface area contributed by atoms with E-state index in [2.05, 4.69) is 24.4 Å². The number of rotatable bonds is 6. The van der Waals surface area contributed by atoms with Crippen LogP contribution in [0.15, 0.2) is 36.0 Å². The number of benzene rings is 1. The SMILES string of the molecule is C/C=C(\C=C(/C)c1ccc(CCC)c(OC)c1)NC(N)=O. The zero-order valence-corrected chi connectivity index (χ0v) is 13.2. The smallest absolute Gasteiger partial charge is 0.316 e. The molecule has 0 unspecified atom stereocenters. The molecule has 1 aromatic carbocycles. The molecule has 2 amide bonds. The number of primary amides is 1. The van der Waals surface area contributed by atoms with Crippen LogP contribution in [0, 0.1) is 0 Å². The molecule has 0 heterocycles. The van der Waals surface area contributed by atoms with Gasteiger partial charge in [0, 0.05) is 5.70 Å². The zero-order valence-electron chi connectivity index (χ0n) is 13.2. The molecule has 0 saturated carbocycles. The highest BCUT2D eigenvalue weighted by Crippen LogP contribution is 2.26. The number of carbonyl (C=O) groups excluding carboxylic acids is 1. The number of nitrogens with two attached hydrogens (primary N) is 1. The summed E-state index contributed by atoms with van der Waals surface area (Å²) in [5, 5.41) is 2.58. The van der Waals surface area contributed by atoms with Gasteiger partial charge in [-0.05, 0) is 49.1 Å². The predicted molar refractivity (Wildman–Crippen MR) is 87.1 cm³/mol. The summed E-state index contributed by atoms with van der Waals surface area (Å²) < 4.78 is 5.45. The summed E-state index contributed by atoms with van der Waals surface area (Å²) in [6.45, 7) is 5.98. The lowest BCUT2D eigenvalue weighted by Crippen LogP contribution is -2.27. The van der Waals surface area contributed by atoms with Crippen LogP contribution in [-0.2, 0) is 6.42 Å².